The molecule has 1 aromatic heterocycles. The van der Waals surface area contributed by atoms with E-state index in [9.17, 15) is 18.4 Å². The van der Waals surface area contributed by atoms with Crippen molar-refractivity contribution >= 4 is 11.7 Å². The van der Waals surface area contributed by atoms with Crippen molar-refractivity contribution in [2.75, 3.05) is 5.32 Å². The van der Waals surface area contributed by atoms with Crippen LogP contribution in [0.2, 0.25) is 0 Å². The van der Waals surface area contributed by atoms with E-state index in [1.54, 1.807) is 31.2 Å². The molecule has 0 bridgehead atoms. The van der Waals surface area contributed by atoms with Gasteiger partial charge in [0.15, 0.2) is 0 Å². The molecule has 7 heteroatoms. The van der Waals surface area contributed by atoms with Crippen molar-refractivity contribution < 1.29 is 13.6 Å². The number of carbonyl (C=O) groups is 1. The fraction of sp³-hybridized carbons (Fsp3) is 0.0417. The monoisotopic (exact) mass is 417 g/mol. The van der Waals surface area contributed by atoms with Crippen LogP contribution < -0.4 is 10.7 Å². The molecule has 31 heavy (non-hydrogen) atoms. The number of nitrogens with one attached hydrogen (secondary N) is 1. The Morgan fingerprint density at radius 3 is 2.06 bits per heavy atom. The van der Waals surface area contributed by atoms with Gasteiger partial charge in [-0.3, -0.25) is 9.59 Å². The molecule has 0 aliphatic carbocycles. The quantitative estimate of drug-likeness (QED) is 0.522. The molecule has 0 radical (unpaired) electrons. The standard InChI is InChI=1S/C24H17F2N3O2/c1-15-22(30)21(16-5-3-2-4-6-16)23(27-24(31)17-7-9-18(25)10-8-17)29(28-15)20-13-11-19(26)12-14-20/h2-14H,1H3,(H,27,31). The van der Waals surface area contributed by atoms with Gasteiger partial charge < -0.3 is 5.32 Å². The van der Waals surface area contributed by atoms with Crippen LogP contribution in [-0.4, -0.2) is 15.7 Å². The Hall–Kier alpha value is -4.13. The molecule has 0 fully saturated rings. The summed E-state index contributed by atoms with van der Waals surface area (Å²) in [6.07, 6.45) is 0. The Kier molecular flexibility index (Phi) is 5.41. The van der Waals surface area contributed by atoms with Gasteiger partial charge in [0.1, 0.15) is 23.1 Å². The number of halogens is 2. The molecule has 0 spiro atoms. The Morgan fingerprint density at radius 1 is 0.871 bits per heavy atom. The predicted molar refractivity (Wildman–Crippen MR) is 114 cm³/mol. The Bertz CT molecular complexity index is 1300. The van der Waals surface area contributed by atoms with Gasteiger partial charge in [0.05, 0.1) is 11.3 Å². The van der Waals surface area contributed by atoms with E-state index in [-0.39, 0.29) is 28.1 Å². The van der Waals surface area contributed by atoms with Crippen LogP contribution in [0.1, 0.15) is 16.1 Å². The minimum absolute atomic E-state index is 0.128. The molecule has 0 saturated carbocycles. The van der Waals surface area contributed by atoms with Crippen LogP contribution >= 0.6 is 0 Å². The molecule has 4 aromatic rings. The normalized spacial score (nSPS) is 10.7. The molecule has 0 aliphatic heterocycles. The van der Waals surface area contributed by atoms with Crippen molar-refractivity contribution in [1.29, 1.82) is 0 Å². The van der Waals surface area contributed by atoms with Crippen LogP contribution in [-0.2, 0) is 0 Å². The third kappa shape index (κ3) is 4.11. The van der Waals surface area contributed by atoms with Crippen molar-refractivity contribution in [2.45, 2.75) is 6.92 Å². The summed E-state index contributed by atoms with van der Waals surface area (Å²) in [5.74, 6) is -1.32. The van der Waals surface area contributed by atoms with Crippen LogP contribution in [0, 0.1) is 18.6 Å². The molecular weight excluding hydrogens is 400 g/mol. The topological polar surface area (TPSA) is 64.0 Å². The third-order valence-corrected chi connectivity index (χ3v) is 4.73. The number of nitrogens with zero attached hydrogens (tertiary/aromatic N) is 2. The molecule has 1 N–H and O–H groups in total. The number of rotatable bonds is 4. The van der Waals surface area contributed by atoms with E-state index in [4.69, 9.17) is 0 Å². The summed E-state index contributed by atoms with van der Waals surface area (Å²) in [5, 5.41) is 7.07. The molecule has 1 heterocycles. The van der Waals surface area contributed by atoms with Crippen LogP contribution in [0.3, 0.4) is 0 Å². The van der Waals surface area contributed by atoms with Crippen LogP contribution in [0.25, 0.3) is 16.8 Å². The molecule has 5 nitrogen and oxygen atoms in total. The van der Waals surface area contributed by atoms with Gasteiger partial charge in [0.2, 0.25) is 5.43 Å². The average Bonchev–Trinajstić information content (AvgIpc) is 2.78. The number of anilines is 1. The second kappa shape index (κ2) is 8.31. The van der Waals surface area contributed by atoms with Crippen LogP contribution in [0.15, 0.2) is 83.7 Å². The van der Waals surface area contributed by atoms with Crippen molar-refractivity contribution in [2.24, 2.45) is 0 Å². The number of hydrogen-bond donors (Lipinski definition) is 1. The molecule has 154 valence electrons. The molecule has 3 aromatic carbocycles. The van der Waals surface area contributed by atoms with E-state index in [1.807, 2.05) is 6.07 Å². The van der Waals surface area contributed by atoms with Crippen molar-refractivity contribution in [1.82, 2.24) is 9.78 Å². The maximum absolute atomic E-state index is 13.5. The highest BCUT2D eigenvalue weighted by Crippen LogP contribution is 2.27. The number of hydrogen-bond acceptors (Lipinski definition) is 3. The first-order chi connectivity index (χ1) is 14.9. The average molecular weight is 417 g/mol. The summed E-state index contributed by atoms with van der Waals surface area (Å²) in [4.78, 5) is 26.0. The van der Waals surface area contributed by atoms with Crippen molar-refractivity contribution in [3.63, 3.8) is 0 Å². The minimum Gasteiger partial charge on any atom is -0.306 e. The Labute approximate surface area is 176 Å². The van der Waals surface area contributed by atoms with Crippen molar-refractivity contribution in [3.8, 4) is 16.8 Å². The van der Waals surface area contributed by atoms with E-state index in [2.05, 4.69) is 10.4 Å². The van der Waals surface area contributed by atoms with Gasteiger partial charge in [-0.25, -0.2) is 13.5 Å². The van der Waals surface area contributed by atoms with Gasteiger partial charge in [-0.05, 0) is 61.0 Å². The Morgan fingerprint density at radius 2 is 1.45 bits per heavy atom. The van der Waals surface area contributed by atoms with E-state index in [0.717, 1.165) is 0 Å². The smallest absolute Gasteiger partial charge is 0.256 e. The summed E-state index contributed by atoms with van der Waals surface area (Å²) in [5.41, 5.74) is 1.35. The fourth-order valence-corrected chi connectivity index (χ4v) is 3.18. The van der Waals surface area contributed by atoms with E-state index in [1.165, 1.54) is 53.2 Å². The van der Waals surface area contributed by atoms with E-state index >= 15 is 0 Å². The zero-order valence-electron chi connectivity index (χ0n) is 16.5. The molecule has 0 atom stereocenters. The maximum Gasteiger partial charge on any atom is 0.256 e. The molecular formula is C24H17F2N3O2. The largest absolute Gasteiger partial charge is 0.306 e. The summed E-state index contributed by atoms with van der Waals surface area (Å²) in [7, 11) is 0. The molecule has 0 unspecified atom stereocenters. The summed E-state index contributed by atoms with van der Waals surface area (Å²) in [6.45, 7) is 1.57. The second-order valence-electron chi connectivity index (χ2n) is 6.85. The maximum atomic E-state index is 13.5. The first kappa shape index (κ1) is 20.2. The molecule has 1 amide bonds. The first-order valence-electron chi connectivity index (χ1n) is 9.46. The highest BCUT2D eigenvalue weighted by molar-refractivity contribution is 6.05. The number of benzene rings is 3. The highest BCUT2D eigenvalue weighted by Gasteiger charge is 2.21. The van der Waals surface area contributed by atoms with Crippen molar-refractivity contribution in [3.05, 3.63) is 112 Å². The Balaban J connectivity index is 1.94. The lowest BCUT2D eigenvalue weighted by Crippen LogP contribution is -2.25. The lowest BCUT2D eigenvalue weighted by molar-refractivity contribution is 0.102. The number of amides is 1. The molecule has 0 saturated heterocycles. The van der Waals surface area contributed by atoms with Gasteiger partial charge in [-0.15, -0.1) is 0 Å². The second-order valence-corrected chi connectivity index (χ2v) is 6.85. The lowest BCUT2D eigenvalue weighted by atomic mass is 10.0. The lowest BCUT2D eigenvalue weighted by Gasteiger charge is -2.18. The van der Waals surface area contributed by atoms with Crippen LogP contribution in [0.4, 0.5) is 14.6 Å². The zero-order chi connectivity index (χ0) is 22.0. The zero-order valence-corrected chi connectivity index (χ0v) is 16.5. The molecule has 0 aliphatic rings. The SMILES string of the molecule is Cc1nn(-c2ccc(F)cc2)c(NC(=O)c2ccc(F)cc2)c(-c2ccccc2)c1=O. The summed E-state index contributed by atoms with van der Waals surface area (Å²) < 4.78 is 28.1. The van der Waals surface area contributed by atoms with E-state index in [0.29, 0.717) is 11.3 Å². The van der Waals surface area contributed by atoms with Crippen LogP contribution in [0.5, 0.6) is 0 Å². The summed E-state index contributed by atoms with van der Waals surface area (Å²) >= 11 is 0. The number of aryl methyl sites for hydroxylation is 1. The summed E-state index contributed by atoms with van der Waals surface area (Å²) in [6, 6.07) is 19.4. The minimum atomic E-state index is -0.543. The van der Waals surface area contributed by atoms with Gasteiger partial charge >= 0.3 is 0 Å². The van der Waals surface area contributed by atoms with Gasteiger partial charge in [-0.1, -0.05) is 30.3 Å². The number of aromatic nitrogens is 2. The molecule has 4 rings (SSSR count). The van der Waals surface area contributed by atoms with Gasteiger partial charge in [0.25, 0.3) is 5.91 Å². The highest BCUT2D eigenvalue weighted by atomic mass is 19.1. The predicted octanol–water partition coefficient (Wildman–Crippen LogP) is 4.74. The first-order valence-corrected chi connectivity index (χ1v) is 9.46. The third-order valence-electron chi connectivity index (χ3n) is 4.73. The van der Waals surface area contributed by atoms with E-state index < -0.39 is 17.5 Å². The van der Waals surface area contributed by atoms with Gasteiger partial charge in [-0.2, -0.15) is 5.10 Å². The van der Waals surface area contributed by atoms with Gasteiger partial charge in [0, 0.05) is 5.56 Å². The fourth-order valence-electron chi connectivity index (χ4n) is 3.18. The number of carbonyl (C=O) groups excluding carboxylic acids is 1.